The van der Waals surface area contributed by atoms with Crippen LogP contribution in [0.2, 0.25) is 0 Å². The van der Waals surface area contributed by atoms with E-state index < -0.39 is 0 Å². The first-order chi connectivity index (χ1) is 16.7. The number of amides is 1. The summed E-state index contributed by atoms with van der Waals surface area (Å²) in [7, 11) is 0. The number of rotatable bonds is 6. The van der Waals surface area contributed by atoms with Gasteiger partial charge in [-0.15, -0.1) is 0 Å². The molecule has 0 radical (unpaired) electrons. The highest BCUT2D eigenvalue weighted by Gasteiger charge is 2.29. The number of pyridine rings is 1. The Hall–Kier alpha value is -3.78. The molecule has 1 saturated heterocycles. The van der Waals surface area contributed by atoms with Crippen LogP contribution in [0.5, 0.6) is 0 Å². The summed E-state index contributed by atoms with van der Waals surface area (Å²) in [6, 6.07) is 18.4. The van der Waals surface area contributed by atoms with E-state index in [0.29, 0.717) is 44.0 Å². The van der Waals surface area contributed by atoms with Crippen LogP contribution >= 0.6 is 0 Å². The molecule has 2 aromatic carbocycles. The Kier molecular flexibility index (Phi) is 7.12. The number of carbonyl (C=O) groups excluding carboxylic acids is 1. The lowest BCUT2D eigenvalue weighted by Crippen LogP contribution is -2.55. The van der Waals surface area contributed by atoms with E-state index in [1.807, 2.05) is 46.3 Å². The van der Waals surface area contributed by atoms with Gasteiger partial charge in [-0.1, -0.05) is 51.1 Å². The monoisotopic (exact) mass is 473 g/mol. The van der Waals surface area contributed by atoms with Gasteiger partial charge in [-0.05, 0) is 40.8 Å². The number of anilines is 1. The average molecular weight is 474 g/mol. The molecule has 1 aliphatic heterocycles. The molecule has 1 fully saturated rings. The molecule has 0 spiro atoms. The highest BCUT2D eigenvalue weighted by molar-refractivity contribution is 5.94. The number of para-hydroxylation sites is 2. The summed E-state index contributed by atoms with van der Waals surface area (Å²) in [6.45, 7) is 9.09. The second-order valence-electron chi connectivity index (χ2n) is 9.74. The van der Waals surface area contributed by atoms with Crippen LogP contribution in [0.3, 0.4) is 0 Å². The van der Waals surface area contributed by atoms with Gasteiger partial charge in [-0.25, -0.2) is 5.01 Å². The quantitative estimate of drug-likeness (QED) is 0.382. The summed E-state index contributed by atoms with van der Waals surface area (Å²) in [6.07, 6.45) is 3.47. The first-order valence-electron chi connectivity index (χ1n) is 11.8. The Bertz CT molecular complexity index is 1170. The summed E-state index contributed by atoms with van der Waals surface area (Å²) in [5.74, 6) is 0.00890. The predicted molar refractivity (Wildman–Crippen MR) is 136 cm³/mol. The Morgan fingerprint density at radius 2 is 1.69 bits per heavy atom. The van der Waals surface area contributed by atoms with Crippen molar-refractivity contribution in [3.05, 3.63) is 99.9 Å². The normalized spacial score (nSPS) is 14.5. The number of aromatic nitrogens is 1. The van der Waals surface area contributed by atoms with E-state index in [0.717, 1.165) is 5.56 Å². The zero-order chi connectivity index (χ0) is 25.0. The van der Waals surface area contributed by atoms with Crippen molar-refractivity contribution < 1.29 is 9.72 Å². The molecule has 0 unspecified atom stereocenters. The molecule has 0 atom stereocenters. The highest BCUT2D eigenvalue weighted by atomic mass is 16.6. The third kappa shape index (κ3) is 5.66. The van der Waals surface area contributed by atoms with Gasteiger partial charge in [-0.2, -0.15) is 0 Å². The van der Waals surface area contributed by atoms with Crippen molar-refractivity contribution in [2.24, 2.45) is 0 Å². The van der Waals surface area contributed by atoms with E-state index in [4.69, 9.17) is 0 Å². The molecule has 3 aromatic rings. The molecular weight excluding hydrogens is 442 g/mol. The summed E-state index contributed by atoms with van der Waals surface area (Å²) >= 11 is 0. The third-order valence-corrected chi connectivity index (χ3v) is 6.29. The maximum Gasteiger partial charge on any atom is 0.293 e. The first kappa shape index (κ1) is 24.3. The molecule has 0 aliphatic carbocycles. The van der Waals surface area contributed by atoms with Crippen molar-refractivity contribution in [2.45, 2.75) is 32.7 Å². The van der Waals surface area contributed by atoms with E-state index in [1.54, 1.807) is 30.6 Å². The van der Waals surface area contributed by atoms with E-state index in [2.05, 4.69) is 30.8 Å². The standard InChI is InChI=1S/C27H31N5O3/c1-27(2,3)23-12-10-22(11-13-23)26(33)29-15-17-30(18-16-29)31(20-21-7-6-14-28-19-21)24-8-4-5-9-25(24)32(34)35/h4-14,19H,15-18,20H2,1-3H3. The average Bonchev–Trinajstić information content (AvgIpc) is 2.87. The van der Waals surface area contributed by atoms with Gasteiger partial charge < -0.3 is 4.90 Å². The molecular formula is C27H31N5O3. The molecule has 1 amide bonds. The zero-order valence-electron chi connectivity index (χ0n) is 20.4. The van der Waals surface area contributed by atoms with Crippen molar-refractivity contribution in [2.75, 3.05) is 31.2 Å². The van der Waals surface area contributed by atoms with Gasteiger partial charge in [0.2, 0.25) is 0 Å². The molecule has 0 bridgehead atoms. The van der Waals surface area contributed by atoms with Crippen LogP contribution in [0.25, 0.3) is 0 Å². The largest absolute Gasteiger partial charge is 0.336 e. The highest BCUT2D eigenvalue weighted by Crippen LogP contribution is 2.31. The Morgan fingerprint density at radius 1 is 1.00 bits per heavy atom. The van der Waals surface area contributed by atoms with Crippen molar-refractivity contribution >= 4 is 17.3 Å². The zero-order valence-corrected chi connectivity index (χ0v) is 20.4. The van der Waals surface area contributed by atoms with E-state index in [1.165, 1.54) is 11.6 Å². The SMILES string of the molecule is CC(C)(C)c1ccc(C(=O)N2CCN(N(Cc3cccnc3)c3ccccc3[N+](=O)[O-])CC2)cc1. The molecule has 182 valence electrons. The lowest BCUT2D eigenvalue weighted by Gasteiger charge is -2.42. The number of benzene rings is 2. The van der Waals surface area contributed by atoms with Gasteiger partial charge in [0.1, 0.15) is 5.69 Å². The van der Waals surface area contributed by atoms with Crippen LogP contribution in [0.15, 0.2) is 73.1 Å². The van der Waals surface area contributed by atoms with Crippen molar-refractivity contribution in [1.29, 1.82) is 0 Å². The summed E-state index contributed by atoms with van der Waals surface area (Å²) in [5, 5.41) is 15.8. The van der Waals surface area contributed by atoms with E-state index in [-0.39, 0.29) is 21.9 Å². The van der Waals surface area contributed by atoms with E-state index in [9.17, 15) is 14.9 Å². The van der Waals surface area contributed by atoms with Gasteiger partial charge in [0, 0.05) is 50.2 Å². The number of piperazine rings is 1. The van der Waals surface area contributed by atoms with Gasteiger partial charge >= 0.3 is 0 Å². The number of hydrazine groups is 1. The van der Waals surface area contributed by atoms with Gasteiger partial charge in [0.15, 0.2) is 0 Å². The lowest BCUT2D eigenvalue weighted by molar-refractivity contribution is -0.384. The Morgan fingerprint density at radius 3 is 2.29 bits per heavy atom. The van der Waals surface area contributed by atoms with E-state index >= 15 is 0 Å². The van der Waals surface area contributed by atoms with Crippen LogP contribution in [-0.2, 0) is 12.0 Å². The Labute approximate surface area is 205 Å². The maximum atomic E-state index is 13.1. The molecule has 8 heteroatoms. The summed E-state index contributed by atoms with van der Waals surface area (Å²) < 4.78 is 0. The molecule has 1 aliphatic rings. The van der Waals surface area contributed by atoms with Crippen LogP contribution < -0.4 is 5.01 Å². The minimum absolute atomic E-state index is 0.00890. The van der Waals surface area contributed by atoms with Gasteiger partial charge in [0.25, 0.3) is 11.6 Å². The number of nitro groups is 1. The third-order valence-electron chi connectivity index (χ3n) is 6.29. The molecule has 2 heterocycles. The second-order valence-corrected chi connectivity index (χ2v) is 9.74. The van der Waals surface area contributed by atoms with Crippen molar-refractivity contribution in [3.63, 3.8) is 0 Å². The molecule has 1 aromatic heterocycles. The maximum absolute atomic E-state index is 13.1. The Balaban J connectivity index is 1.51. The van der Waals surface area contributed by atoms with Gasteiger partial charge in [0.05, 0.1) is 11.5 Å². The fraction of sp³-hybridized carbons (Fsp3) is 0.333. The smallest absolute Gasteiger partial charge is 0.293 e. The molecule has 0 saturated carbocycles. The minimum atomic E-state index is -0.355. The number of nitrogens with zero attached hydrogens (tertiary/aromatic N) is 5. The fourth-order valence-corrected chi connectivity index (χ4v) is 4.27. The predicted octanol–water partition coefficient (Wildman–Crippen LogP) is 4.67. The van der Waals surface area contributed by atoms with Crippen LogP contribution in [0.1, 0.15) is 42.3 Å². The fourth-order valence-electron chi connectivity index (χ4n) is 4.27. The molecule has 8 nitrogen and oxygen atoms in total. The first-order valence-corrected chi connectivity index (χ1v) is 11.8. The topological polar surface area (TPSA) is 82.8 Å². The summed E-state index contributed by atoms with van der Waals surface area (Å²) in [4.78, 5) is 30.6. The minimum Gasteiger partial charge on any atom is -0.336 e. The molecule has 0 N–H and O–H groups in total. The molecule has 4 rings (SSSR count). The number of hydrogen-bond acceptors (Lipinski definition) is 6. The van der Waals surface area contributed by atoms with Crippen LogP contribution in [0.4, 0.5) is 11.4 Å². The number of nitro benzene ring substituents is 1. The summed E-state index contributed by atoms with van der Waals surface area (Å²) in [5.41, 5.74) is 3.42. The number of carbonyl (C=O) groups is 1. The number of hydrogen-bond donors (Lipinski definition) is 0. The van der Waals surface area contributed by atoms with Crippen molar-refractivity contribution in [1.82, 2.24) is 14.9 Å². The van der Waals surface area contributed by atoms with Crippen LogP contribution in [-0.4, -0.2) is 51.9 Å². The van der Waals surface area contributed by atoms with Crippen LogP contribution in [0, 0.1) is 10.1 Å². The lowest BCUT2D eigenvalue weighted by atomic mass is 9.86. The second kappa shape index (κ2) is 10.2. The molecule has 35 heavy (non-hydrogen) atoms. The van der Waals surface area contributed by atoms with Crippen molar-refractivity contribution in [3.8, 4) is 0 Å². The van der Waals surface area contributed by atoms with Gasteiger partial charge in [-0.3, -0.25) is 24.9 Å².